The average Bonchev–Trinajstić information content (AvgIpc) is 2.84. The summed E-state index contributed by atoms with van der Waals surface area (Å²) in [5.41, 5.74) is 0.358. The number of hydrogen-bond acceptors (Lipinski definition) is 1. The third-order valence-electron chi connectivity index (χ3n) is 7.98. The van der Waals surface area contributed by atoms with Crippen LogP contribution in [0.2, 0.25) is 0 Å². The molecule has 2 aromatic carbocycles. The van der Waals surface area contributed by atoms with Crippen LogP contribution in [0.5, 0.6) is 5.75 Å². The lowest BCUT2D eigenvalue weighted by Crippen LogP contribution is -2.25. The van der Waals surface area contributed by atoms with Crippen molar-refractivity contribution in [2.75, 3.05) is 0 Å². The molecule has 0 heterocycles. The number of ether oxygens (including phenoxy) is 1. The van der Waals surface area contributed by atoms with Crippen LogP contribution in [0, 0.1) is 46.8 Å². The zero-order valence-electron chi connectivity index (χ0n) is 19.7. The monoisotopic (exact) mass is 480 g/mol. The molecule has 34 heavy (non-hydrogen) atoms. The van der Waals surface area contributed by atoms with Crippen LogP contribution in [0.25, 0.3) is 0 Å². The van der Waals surface area contributed by atoms with Crippen LogP contribution in [-0.4, -0.2) is 0 Å². The van der Waals surface area contributed by atoms with Gasteiger partial charge in [0.05, 0.1) is 0 Å². The molecule has 186 valence electrons. The Morgan fingerprint density at radius 1 is 0.735 bits per heavy atom. The highest BCUT2D eigenvalue weighted by atomic mass is 19.2. The van der Waals surface area contributed by atoms with Gasteiger partial charge in [0.1, 0.15) is 6.61 Å². The van der Waals surface area contributed by atoms with Gasteiger partial charge in [-0.05, 0) is 91.5 Å². The molecule has 0 spiro atoms. The molecule has 0 aliphatic heterocycles. The predicted octanol–water partition coefficient (Wildman–Crippen LogP) is 8.84. The van der Waals surface area contributed by atoms with E-state index in [9.17, 15) is 22.0 Å². The highest BCUT2D eigenvalue weighted by Crippen LogP contribution is 2.45. The maximum atomic E-state index is 14.9. The minimum Gasteiger partial charge on any atom is -0.486 e. The van der Waals surface area contributed by atoms with Gasteiger partial charge in [-0.2, -0.15) is 4.39 Å². The molecule has 1 nitrogen and oxygen atoms in total. The van der Waals surface area contributed by atoms with Crippen molar-refractivity contribution in [3.8, 4) is 5.75 Å². The normalized spacial score (nSPS) is 25.4. The van der Waals surface area contributed by atoms with E-state index in [1.54, 1.807) is 6.07 Å². The molecule has 4 rings (SSSR count). The second kappa shape index (κ2) is 11.1. The van der Waals surface area contributed by atoms with Gasteiger partial charge in [-0.25, -0.2) is 17.6 Å². The molecule has 0 radical (unpaired) electrons. The molecule has 2 aromatic rings. The number of hydrogen-bond donors (Lipinski definition) is 0. The summed E-state index contributed by atoms with van der Waals surface area (Å²) in [4.78, 5) is 0. The molecule has 0 N–H and O–H groups in total. The Morgan fingerprint density at radius 2 is 1.32 bits per heavy atom. The fraction of sp³-hybridized carbons (Fsp3) is 0.571. The average molecular weight is 481 g/mol. The van der Waals surface area contributed by atoms with Gasteiger partial charge in [0.15, 0.2) is 29.0 Å². The summed E-state index contributed by atoms with van der Waals surface area (Å²) in [7, 11) is 0. The second-order valence-electron chi connectivity index (χ2n) is 10.1. The van der Waals surface area contributed by atoms with Crippen molar-refractivity contribution < 1.29 is 26.7 Å². The Kier molecular flexibility index (Phi) is 8.15. The molecular weight excluding hydrogens is 447 g/mol. The topological polar surface area (TPSA) is 9.23 Å². The van der Waals surface area contributed by atoms with Crippen LogP contribution in [0.3, 0.4) is 0 Å². The molecule has 0 saturated heterocycles. The quantitative estimate of drug-likeness (QED) is 0.284. The van der Waals surface area contributed by atoms with Crippen molar-refractivity contribution in [3.63, 3.8) is 0 Å². The molecule has 0 amide bonds. The summed E-state index contributed by atoms with van der Waals surface area (Å²) in [6.45, 7) is 1.84. The summed E-state index contributed by atoms with van der Waals surface area (Å²) in [5, 5.41) is 0. The van der Waals surface area contributed by atoms with E-state index >= 15 is 0 Å². The largest absolute Gasteiger partial charge is 0.486 e. The van der Waals surface area contributed by atoms with Gasteiger partial charge in [0.2, 0.25) is 5.82 Å². The molecule has 0 bridgehead atoms. The van der Waals surface area contributed by atoms with Crippen LogP contribution >= 0.6 is 0 Å². The van der Waals surface area contributed by atoms with E-state index in [2.05, 4.69) is 6.92 Å². The second-order valence-corrected chi connectivity index (χ2v) is 10.1. The Morgan fingerprint density at radius 3 is 1.91 bits per heavy atom. The summed E-state index contributed by atoms with van der Waals surface area (Å²) < 4.78 is 74.6. The van der Waals surface area contributed by atoms with E-state index in [0.29, 0.717) is 11.5 Å². The van der Waals surface area contributed by atoms with E-state index in [0.717, 1.165) is 49.7 Å². The molecule has 2 fully saturated rings. The first-order valence-electron chi connectivity index (χ1n) is 12.6. The number of rotatable bonds is 7. The van der Waals surface area contributed by atoms with Crippen LogP contribution in [0.4, 0.5) is 22.0 Å². The van der Waals surface area contributed by atoms with Crippen LogP contribution in [0.15, 0.2) is 24.3 Å². The first-order chi connectivity index (χ1) is 16.4. The van der Waals surface area contributed by atoms with E-state index < -0.39 is 35.7 Å². The molecule has 2 aliphatic carbocycles. The van der Waals surface area contributed by atoms with Crippen LogP contribution in [0.1, 0.15) is 88.2 Å². The maximum Gasteiger partial charge on any atom is 0.200 e. The Balaban J connectivity index is 1.34. The van der Waals surface area contributed by atoms with E-state index in [1.807, 2.05) is 0 Å². The van der Waals surface area contributed by atoms with Gasteiger partial charge >= 0.3 is 0 Å². The van der Waals surface area contributed by atoms with Crippen molar-refractivity contribution in [3.05, 3.63) is 64.5 Å². The lowest BCUT2D eigenvalue weighted by atomic mass is 9.68. The summed E-state index contributed by atoms with van der Waals surface area (Å²) >= 11 is 0. The van der Waals surface area contributed by atoms with E-state index in [4.69, 9.17) is 4.74 Å². The fourth-order valence-electron chi connectivity index (χ4n) is 6.08. The van der Waals surface area contributed by atoms with Gasteiger partial charge in [-0.1, -0.05) is 38.7 Å². The Labute approximate surface area is 198 Å². The van der Waals surface area contributed by atoms with Crippen LogP contribution in [-0.2, 0) is 6.61 Å². The van der Waals surface area contributed by atoms with Crippen molar-refractivity contribution in [2.45, 2.75) is 83.7 Å². The van der Waals surface area contributed by atoms with Gasteiger partial charge in [0.25, 0.3) is 0 Å². The molecule has 0 atom stereocenters. The molecule has 0 aromatic heterocycles. The van der Waals surface area contributed by atoms with Crippen LogP contribution < -0.4 is 4.74 Å². The first kappa shape index (κ1) is 25.0. The van der Waals surface area contributed by atoms with Crippen molar-refractivity contribution in [2.24, 2.45) is 17.8 Å². The summed E-state index contributed by atoms with van der Waals surface area (Å²) in [6.07, 6.45) is 11.7. The molecule has 0 unspecified atom stereocenters. The third kappa shape index (κ3) is 5.58. The van der Waals surface area contributed by atoms with Gasteiger partial charge in [-0.15, -0.1) is 0 Å². The van der Waals surface area contributed by atoms with Crippen molar-refractivity contribution in [1.82, 2.24) is 0 Å². The lowest BCUT2D eigenvalue weighted by molar-refractivity contribution is 0.155. The first-order valence-corrected chi connectivity index (χ1v) is 12.6. The third-order valence-corrected chi connectivity index (χ3v) is 7.98. The molecular formula is C28H33F5O. The Bertz CT molecular complexity index is 952. The molecule has 2 saturated carbocycles. The highest BCUT2D eigenvalue weighted by Gasteiger charge is 2.32. The highest BCUT2D eigenvalue weighted by molar-refractivity contribution is 5.33. The SMILES string of the molecule is CCCC1CCC(C2CCC(c3ccc(OCc4cc(F)c(F)c(F)c4)c(F)c3F)CC2)CC1. The summed E-state index contributed by atoms with van der Waals surface area (Å²) in [6, 6.07) is 4.47. The lowest BCUT2D eigenvalue weighted by Gasteiger charge is -2.38. The number of benzene rings is 2. The standard InChI is InChI=1S/C28H33F5O/c1-2-3-17-4-6-19(7-5-17)20-8-10-21(11-9-20)22-12-13-25(28(33)26(22)31)34-16-18-14-23(29)27(32)24(30)15-18/h12-15,17,19-21H,2-11,16H2,1H3. The predicted molar refractivity (Wildman–Crippen MR) is 122 cm³/mol. The summed E-state index contributed by atoms with van der Waals surface area (Å²) in [5.74, 6) is -4.32. The smallest absolute Gasteiger partial charge is 0.200 e. The minimum atomic E-state index is -1.58. The Hall–Kier alpha value is -2.11. The van der Waals surface area contributed by atoms with E-state index in [1.165, 1.54) is 44.6 Å². The molecule has 6 heteroatoms. The minimum absolute atomic E-state index is 0.0117. The zero-order chi connectivity index (χ0) is 24.2. The van der Waals surface area contributed by atoms with Crippen molar-refractivity contribution >= 4 is 0 Å². The van der Waals surface area contributed by atoms with Gasteiger partial charge in [-0.3, -0.25) is 0 Å². The van der Waals surface area contributed by atoms with E-state index in [-0.39, 0.29) is 17.2 Å². The molecule has 2 aliphatic rings. The fourth-order valence-corrected chi connectivity index (χ4v) is 6.08. The van der Waals surface area contributed by atoms with Crippen molar-refractivity contribution in [1.29, 1.82) is 0 Å². The van der Waals surface area contributed by atoms with Gasteiger partial charge < -0.3 is 4.74 Å². The number of halogens is 5. The zero-order valence-corrected chi connectivity index (χ0v) is 19.7. The maximum absolute atomic E-state index is 14.9. The van der Waals surface area contributed by atoms with Gasteiger partial charge in [0, 0.05) is 0 Å².